The number of benzene rings is 1. The van der Waals surface area contributed by atoms with E-state index in [0.717, 1.165) is 43.2 Å². The largest absolute Gasteiger partial charge is 0.465 e. The second kappa shape index (κ2) is 8.82. The summed E-state index contributed by atoms with van der Waals surface area (Å²) in [6.07, 6.45) is 5.83. The molecular formula is C24H24N2O6. The molecule has 8 heteroatoms. The third kappa shape index (κ3) is 4.08. The number of urea groups is 1. The predicted molar refractivity (Wildman–Crippen MR) is 115 cm³/mol. The number of nitrogens with one attached hydrogen (secondary N) is 1. The molecule has 0 radical (unpaired) electrons. The van der Waals surface area contributed by atoms with Gasteiger partial charge in [-0.15, -0.1) is 0 Å². The van der Waals surface area contributed by atoms with Crippen molar-refractivity contribution in [3.05, 3.63) is 52.8 Å². The van der Waals surface area contributed by atoms with Crippen LogP contribution in [0.5, 0.6) is 0 Å². The summed E-state index contributed by atoms with van der Waals surface area (Å²) < 4.78 is 10.6. The molecule has 1 aliphatic heterocycles. The maximum Gasteiger partial charge on any atom is 0.337 e. The molecule has 4 amide bonds. The van der Waals surface area contributed by atoms with Crippen molar-refractivity contribution in [1.29, 1.82) is 0 Å². The van der Waals surface area contributed by atoms with Gasteiger partial charge in [0.05, 0.1) is 12.7 Å². The molecule has 0 bridgehead atoms. The number of esters is 1. The number of barbiturate groups is 1. The third-order valence-electron chi connectivity index (χ3n) is 5.90. The SMILES string of the molecule is COC(=O)c1ccc(-c2ccc(C=C3C(=O)NC(=O)N(C4CCCCC4)C3=O)o2)c(C)c1. The first-order chi connectivity index (χ1) is 15.4. The van der Waals surface area contributed by atoms with Gasteiger partial charge < -0.3 is 9.15 Å². The minimum absolute atomic E-state index is 0.131. The zero-order chi connectivity index (χ0) is 22.8. The van der Waals surface area contributed by atoms with E-state index in [0.29, 0.717) is 17.1 Å². The van der Waals surface area contributed by atoms with Crippen molar-refractivity contribution in [2.75, 3.05) is 7.11 Å². The Morgan fingerprint density at radius 1 is 1.12 bits per heavy atom. The van der Waals surface area contributed by atoms with Gasteiger partial charge in [-0.1, -0.05) is 25.3 Å². The molecule has 1 aliphatic carbocycles. The summed E-state index contributed by atoms with van der Waals surface area (Å²) in [5, 5.41) is 2.27. The summed E-state index contributed by atoms with van der Waals surface area (Å²) in [6, 6.07) is 7.61. The van der Waals surface area contributed by atoms with Crippen molar-refractivity contribution in [3.8, 4) is 11.3 Å². The van der Waals surface area contributed by atoms with Crippen molar-refractivity contribution in [3.63, 3.8) is 0 Å². The molecule has 1 aromatic carbocycles. The van der Waals surface area contributed by atoms with Gasteiger partial charge in [0.1, 0.15) is 17.1 Å². The maximum absolute atomic E-state index is 13.0. The fraction of sp³-hybridized carbons (Fsp3) is 0.333. The Morgan fingerprint density at radius 2 is 1.88 bits per heavy atom. The Hall–Kier alpha value is -3.68. The zero-order valence-corrected chi connectivity index (χ0v) is 18.0. The number of hydrogen-bond acceptors (Lipinski definition) is 6. The average Bonchev–Trinajstić information content (AvgIpc) is 3.25. The number of aryl methyl sites for hydroxylation is 1. The highest BCUT2D eigenvalue weighted by atomic mass is 16.5. The average molecular weight is 436 g/mol. The Bertz CT molecular complexity index is 1120. The highest BCUT2D eigenvalue weighted by Crippen LogP contribution is 2.29. The fourth-order valence-electron chi connectivity index (χ4n) is 4.24. The van der Waals surface area contributed by atoms with Crippen molar-refractivity contribution in [2.45, 2.75) is 45.1 Å². The van der Waals surface area contributed by atoms with E-state index in [9.17, 15) is 19.2 Å². The first-order valence-electron chi connectivity index (χ1n) is 10.6. The van der Waals surface area contributed by atoms with E-state index in [1.807, 2.05) is 6.92 Å². The minimum atomic E-state index is -0.733. The topological polar surface area (TPSA) is 106 Å². The van der Waals surface area contributed by atoms with Crippen LogP contribution < -0.4 is 5.32 Å². The number of ether oxygens (including phenoxy) is 1. The van der Waals surface area contributed by atoms with E-state index in [2.05, 4.69) is 5.32 Å². The molecule has 8 nitrogen and oxygen atoms in total. The Labute approximate surface area is 185 Å². The van der Waals surface area contributed by atoms with Crippen LogP contribution in [0.4, 0.5) is 4.79 Å². The Balaban J connectivity index is 1.60. The van der Waals surface area contributed by atoms with E-state index in [1.165, 1.54) is 18.1 Å². The van der Waals surface area contributed by atoms with Crippen molar-refractivity contribution in [1.82, 2.24) is 10.2 Å². The minimum Gasteiger partial charge on any atom is -0.465 e. The van der Waals surface area contributed by atoms with Crippen LogP contribution in [0.3, 0.4) is 0 Å². The van der Waals surface area contributed by atoms with Crippen LogP contribution in [-0.2, 0) is 14.3 Å². The zero-order valence-electron chi connectivity index (χ0n) is 18.0. The van der Waals surface area contributed by atoms with Crippen molar-refractivity contribution >= 4 is 29.9 Å². The molecule has 2 heterocycles. The first kappa shape index (κ1) is 21.5. The highest BCUT2D eigenvalue weighted by Gasteiger charge is 2.40. The summed E-state index contributed by atoms with van der Waals surface area (Å²) in [5.74, 6) is -0.920. The molecule has 1 saturated carbocycles. The molecule has 166 valence electrons. The first-order valence-corrected chi connectivity index (χ1v) is 10.6. The second-order valence-electron chi connectivity index (χ2n) is 8.01. The van der Waals surface area contributed by atoms with Gasteiger partial charge >= 0.3 is 12.0 Å². The smallest absolute Gasteiger partial charge is 0.337 e. The third-order valence-corrected chi connectivity index (χ3v) is 5.90. The highest BCUT2D eigenvalue weighted by molar-refractivity contribution is 6.31. The van der Waals surface area contributed by atoms with Crippen LogP contribution in [0, 0.1) is 6.92 Å². The molecule has 1 aromatic heterocycles. The summed E-state index contributed by atoms with van der Waals surface area (Å²) in [4.78, 5) is 50.6. The predicted octanol–water partition coefficient (Wildman–Crippen LogP) is 3.84. The van der Waals surface area contributed by atoms with Gasteiger partial charge in [0.2, 0.25) is 0 Å². The van der Waals surface area contributed by atoms with Crippen LogP contribution in [0.2, 0.25) is 0 Å². The fourth-order valence-corrected chi connectivity index (χ4v) is 4.24. The molecule has 0 unspecified atom stereocenters. The van der Waals surface area contributed by atoms with Gasteiger partial charge in [0, 0.05) is 11.6 Å². The van der Waals surface area contributed by atoms with E-state index in [1.54, 1.807) is 30.3 Å². The lowest BCUT2D eigenvalue weighted by Gasteiger charge is -2.35. The van der Waals surface area contributed by atoms with Gasteiger partial charge in [-0.25, -0.2) is 9.59 Å². The number of nitrogens with zero attached hydrogens (tertiary/aromatic N) is 1. The van der Waals surface area contributed by atoms with Crippen LogP contribution in [0.15, 0.2) is 40.3 Å². The lowest BCUT2D eigenvalue weighted by atomic mass is 9.93. The molecular weight excluding hydrogens is 412 g/mol. The molecule has 4 rings (SSSR count). The number of methoxy groups -OCH3 is 1. The molecule has 32 heavy (non-hydrogen) atoms. The second-order valence-corrected chi connectivity index (χ2v) is 8.01. The van der Waals surface area contributed by atoms with Crippen LogP contribution in [-0.4, -0.2) is 41.9 Å². The summed E-state index contributed by atoms with van der Waals surface area (Å²) in [5.41, 5.74) is 1.87. The van der Waals surface area contributed by atoms with Crippen molar-refractivity contribution in [2.24, 2.45) is 0 Å². The summed E-state index contributed by atoms with van der Waals surface area (Å²) in [6.45, 7) is 1.84. The van der Waals surface area contributed by atoms with E-state index in [4.69, 9.17) is 9.15 Å². The van der Waals surface area contributed by atoms with Gasteiger partial charge in [-0.05, 0) is 55.7 Å². The van der Waals surface area contributed by atoms with E-state index < -0.39 is 23.8 Å². The monoisotopic (exact) mass is 436 g/mol. The molecule has 2 fully saturated rings. The number of hydrogen-bond donors (Lipinski definition) is 1. The standard InChI is InChI=1S/C24H24N2O6/c1-14-12-15(23(29)31-2)8-10-18(14)20-11-9-17(32-20)13-19-21(27)25-24(30)26(22(19)28)16-6-4-3-5-7-16/h8-13,16H,3-7H2,1-2H3,(H,25,27,30). The molecule has 1 saturated heterocycles. The quantitative estimate of drug-likeness (QED) is 0.444. The number of furan rings is 1. The van der Waals surface area contributed by atoms with Crippen LogP contribution in [0.25, 0.3) is 17.4 Å². The molecule has 2 aromatic rings. The number of imide groups is 2. The number of rotatable bonds is 4. The molecule has 1 N–H and O–H groups in total. The Kier molecular flexibility index (Phi) is 5.94. The summed E-state index contributed by atoms with van der Waals surface area (Å²) >= 11 is 0. The van der Waals surface area contributed by atoms with Crippen molar-refractivity contribution < 1.29 is 28.3 Å². The van der Waals surface area contributed by atoms with Crippen LogP contribution in [0.1, 0.15) is 53.8 Å². The normalized spacial score (nSPS) is 18.8. The molecule has 0 spiro atoms. The number of carbonyl (C=O) groups is 4. The lowest BCUT2D eigenvalue weighted by Crippen LogP contribution is -2.58. The lowest BCUT2D eigenvalue weighted by molar-refractivity contribution is -0.132. The van der Waals surface area contributed by atoms with E-state index in [-0.39, 0.29) is 11.6 Å². The number of carbonyl (C=O) groups excluding carboxylic acids is 4. The summed E-state index contributed by atoms with van der Waals surface area (Å²) in [7, 11) is 1.32. The van der Waals surface area contributed by atoms with Gasteiger partial charge in [0.15, 0.2) is 0 Å². The van der Waals surface area contributed by atoms with Crippen LogP contribution >= 0.6 is 0 Å². The van der Waals surface area contributed by atoms with Gasteiger partial charge in [-0.3, -0.25) is 19.8 Å². The van der Waals surface area contributed by atoms with Gasteiger partial charge in [0.25, 0.3) is 11.8 Å². The van der Waals surface area contributed by atoms with Gasteiger partial charge in [-0.2, -0.15) is 0 Å². The Morgan fingerprint density at radius 3 is 2.56 bits per heavy atom. The van der Waals surface area contributed by atoms with E-state index >= 15 is 0 Å². The maximum atomic E-state index is 13.0. The number of amides is 4. The molecule has 2 aliphatic rings. The molecule has 0 atom stereocenters.